The number of aryl methyl sites for hydroxylation is 1. The molecule has 2 unspecified atom stereocenters. The van der Waals surface area contributed by atoms with Crippen LogP contribution in [0.4, 0.5) is 0 Å². The Kier molecular flexibility index (Phi) is 4.07. The smallest absolute Gasteiger partial charge is 0.178 e. The van der Waals surface area contributed by atoms with Gasteiger partial charge in [0.25, 0.3) is 0 Å². The van der Waals surface area contributed by atoms with Crippen molar-refractivity contribution in [2.24, 2.45) is 11.7 Å². The highest BCUT2D eigenvalue weighted by molar-refractivity contribution is 7.91. The lowest BCUT2D eigenvalue weighted by Crippen LogP contribution is -2.26. The Labute approximate surface area is 109 Å². The number of rotatable bonds is 4. The third kappa shape index (κ3) is 2.93. The zero-order chi connectivity index (χ0) is 13.2. The molecule has 0 bridgehead atoms. The number of nitrogens with two attached hydrogens (primary N) is 1. The molecule has 2 atom stereocenters. The van der Waals surface area contributed by atoms with Gasteiger partial charge >= 0.3 is 0 Å². The van der Waals surface area contributed by atoms with Crippen LogP contribution in [0.15, 0.2) is 29.2 Å². The summed E-state index contributed by atoms with van der Waals surface area (Å²) in [5, 5.41) is 0. The van der Waals surface area contributed by atoms with Crippen molar-refractivity contribution >= 4 is 9.84 Å². The molecule has 0 radical (unpaired) electrons. The monoisotopic (exact) mass is 267 g/mol. The third-order valence-electron chi connectivity index (χ3n) is 3.90. The predicted octanol–water partition coefficient (Wildman–Crippen LogP) is 2.29. The average molecular weight is 267 g/mol. The molecule has 1 fully saturated rings. The summed E-state index contributed by atoms with van der Waals surface area (Å²) in [7, 11) is -3.16. The summed E-state index contributed by atoms with van der Waals surface area (Å²) < 4.78 is 24.6. The second kappa shape index (κ2) is 5.41. The molecule has 1 aromatic carbocycles. The van der Waals surface area contributed by atoms with Gasteiger partial charge in [-0.05, 0) is 43.7 Å². The molecular weight excluding hydrogens is 246 g/mol. The van der Waals surface area contributed by atoms with Gasteiger partial charge in [-0.2, -0.15) is 0 Å². The van der Waals surface area contributed by atoms with Crippen molar-refractivity contribution in [3.63, 3.8) is 0 Å². The van der Waals surface area contributed by atoms with Crippen molar-refractivity contribution < 1.29 is 8.42 Å². The minimum absolute atomic E-state index is 0.192. The van der Waals surface area contributed by atoms with E-state index >= 15 is 0 Å². The molecule has 0 aliphatic heterocycles. The molecule has 1 aromatic rings. The number of hydrogen-bond donors (Lipinski definition) is 1. The van der Waals surface area contributed by atoms with Gasteiger partial charge in [0.2, 0.25) is 0 Å². The van der Waals surface area contributed by atoms with Crippen LogP contribution in [-0.4, -0.2) is 20.2 Å². The van der Waals surface area contributed by atoms with Crippen molar-refractivity contribution in [1.82, 2.24) is 0 Å². The molecule has 0 aromatic heterocycles. The standard InChI is InChI=1S/C14H21NO2S/c1-11-5-2-3-8-14(11)18(16,17)10-9-12-6-4-7-13(12)15/h2-3,5,8,12-13H,4,6-7,9-10,15H2,1H3. The predicted molar refractivity (Wildman–Crippen MR) is 73.2 cm³/mol. The Morgan fingerprint density at radius 3 is 2.61 bits per heavy atom. The fourth-order valence-corrected chi connectivity index (χ4v) is 4.42. The first-order valence-corrected chi connectivity index (χ1v) is 8.20. The fourth-order valence-electron chi connectivity index (χ4n) is 2.75. The lowest BCUT2D eigenvalue weighted by Gasteiger charge is -2.15. The normalized spacial score (nSPS) is 24.3. The maximum absolute atomic E-state index is 12.3. The molecule has 1 saturated carbocycles. The van der Waals surface area contributed by atoms with Gasteiger partial charge in [-0.1, -0.05) is 24.6 Å². The first kappa shape index (κ1) is 13.6. The Bertz CT molecular complexity index is 510. The second-order valence-electron chi connectivity index (χ2n) is 5.23. The van der Waals surface area contributed by atoms with E-state index in [0.29, 0.717) is 17.2 Å². The van der Waals surface area contributed by atoms with E-state index in [1.165, 1.54) is 0 Å². The van der Waals surface area contributed by atoms with Gasteiger partial charge in [0.1, 0.15) is 0 Å². The first-order valence-electron chi connectivity index (χ1n) is 6.54. The minimum atomic E-state index is -3.16. The summed E-state index contributed by atoms with van der Waals surface area (Å²) in [4.78, 5) is 0.469. The van der Waals surface area contributed by atoms with E-state index in [-0.39, 0.29) is 11.8 Å². The van der Waals surface area contributed by atoms with Crippen LogP contribution < -0.4 is 5.73 Å². The molecule has 2 N–H and O–H groups in total. The number of benzene rings is 1. The Hall–Kier alpha value is -0.870. The van der Waals surface area contributed by atoms with Crippen molar-refractivity contribution in [3.05, 3.63) is 29.8 Å². The summed E-state index contributed by atoms with van der Waals surface area (Å²) in [5.74, 6) is 0.597. The zero-order valence-electron chi connectivity index (χ0n) is 10.8. The van der Waals surface area contributed by atoms with Gasteiger partial charge < -0.3 is 5.73 Å². The van der Waals surface area contributed by atoms with Crippen LogP contribution in [0.2, 0.25) is 0 Å². The van der Waals surface area contributed by atoms with E-state index in [2.05, 4.69) is 0 Å². The highest BCUT2D eigenvalue weighted by Crippen LogP contribution is 2.28. The van der Waals surface area contributed by atoms with Crippen LogP contribution in [0.3, 0.4) is 0 Å². The van der Waals surface area contributed by atoms with E-state index in [9.17, 15) is 8.42 Å². The Morgan fingerprint density at radius 1 is 1.28 bits per heavy atom. The lowest BCUT2D eigenvalue weighted by atomic mass is 10.0. The summed E-state index contributed by atoms with van der Waals surface area (Å²) in [5.41, 5.74) is 6.81. The van der Waals surface area contributed by atoms with E-state index < -0.39 is 9.84 Å². The molecular formula is C14H21NO2S. The molecule has 0 saturated heterocycles. The number of sulfone groups is 1. The minimum Gasteiger partial charge on any atom is -0.327 e. The van der Waals surface area contributed by atoms with Gasteiger partial charge in [-0.25, -0.2) is 8.42 Å². The van der Waals surface area contributed by atoms with Crippen molar-refractivity contribution in [3.8, 4) is 0 Å². The third-order valence-corrected chi connectivity index (χ3v) is 5.81. The summed E-state index contributed by atoms with van der Waals surface area (Å²) in [6, 6.07) is 7.37. The molecule has 0 amide bonds. The molecule has 100 valence electrons. The van der Waals surface area contributed by atoms with Crippen molar-refractivity contribution in [2.45, 2.75) is 43.5 Å². The maximum atomic E-state index is 12.3. The molecule has 4 heteroatoms. The fraction of sp³-hybridized carbons (Fsp3) is 0.571. The van der Waals surface area contributed by atoms with Crippen LogP contribution in [0.1, 0.15) is 31.2 Å². The van der Waals surface area contributed by atoms with Gasteiger partial charge in [-0.3, -0.25) is 0 Å². The topological polar surface area (TPSA) is 60.2 Å². The Balaban J connectivity index is 2.06. The highest BCUT2D eigenvalue weighted by Gasteiger charge is 2.26. The summed E-state index contributed by atoms with van der Waals surface area (Å²) in [6.45, 7) is 1.84. The van der Waals surface area contributed by atoms with Crippen molar-refractivity contribution in [2.75, 3.05) is 5.75 Å². The van der Waals surface area contributed by atoms with E-state index in [1.54, 1.807) is 12.1 Å². The van der Waals surface area contributed by atoms with Crippen LogP contribution in [0.25, 0.3) is 0 Å². The molecule has 0 heterocycles. The average Bonchev–Trinajstić information content (AvgIpc) is 2.73. The second-order valence-corrected chi connectivity index (χ2v) is 7.31. The SMILES string of the molecule is Cc1ccccc1S(=O)(=O)CCC1CCCC1N. The highest BCUT2D eigenvalue weighted by atomic mass is 32.2. The van der Waals surface area contributed by atoms with Gasteiger partial charge in [-0.15, -0.1) is 0 Å². The van der Waals surface area contributed by atoms with E-state index in [4.69, 9.17) is 5.73 Å². The molecule has 1 aliphatic carbocycles. The first-order chi connectivity index (χ1) is 8.50. The zero-order valence-corrected chi connectivity index (χ0v) is 11.6. The molecule has 0 spiro atoms. The maximum Gasteiger partial charge on any atom is 0.178 e. The largest absolute Gasteiger partial charge is 0.327 e. The van der Waals surface area contributed by atoms with E-state index in [1.807, 2.05) is 19.1 Å². The van der Waals surface area contributed by atoms with Crippen molar-refractivity contribution in [1.29, 1.82) is 0 Å². The Morgan fingerprint density at radius 2 is 2.00 bits per heavy atom. The summed E-state index contributed by atoms with van der Waals surface area (Å²) >= 11 is 0. The molecule has 3 nitrogen and oxygen atoms in total. The van der Waals surface area contributed by atoms with Crippen LogP contribution >= 0.6 is 0 Å². The van der Waals surface area contributed by atoms with Crippen LogP contribution in [-0.2, 0) is 9.84 Å². The van der Waals surface area contributed by atoms with Gasteiger partial charge in [0.05, 0.1) is 10.6 Å². The van der Waals surface area contributed by atoms with Gasteiger partial charge in [0, 0.05) is 6.04 Å². The molecule has 1 aliphatic rings. The quantitative estimate of drug-likeness (QED) is 0.910. The van der Waals surface area contributed by atoms with Gasteiger partial charge in [0.15, 0.2) is 9.84 Å². The number of hydrogen-bond acceptors (Lipinski definition) is 3. The van der Waals surface area contributed by atoms with Crippen LogP contribution in [0.5, 0.6) is 0 Å². The van der Waals surface area contributed by atoms with Crippen LogP contribution in [0, 0.1) is 12.8 Å². The lowest BCUT2D eigenvalue weighted by molar-refractivity contribution is 0.464. The summed E-state index contributed by atoms with van der Waals surface area (Å²) in [6.07, 6.45) is 3.94. The van der Waals surface area contributed by atoms with E-state index in [0.717, 1.165) is 24.8 Å². The molecule has 2 rings (SSSR count). The molecule has 18 heavy (non-hydrogen) atoms.